The Hall–Kier alpha value is -2.56. The lowest BCUT2D eigenvalue weighted by Gasteiger charge is -2.07. The molecule has 0 unspecified atom stereocenters. The Balaban J connectivity index is 2.04. The maximum atomic E-state index is 5.84. The second-order valence-corrected chi connectivity index (χ2v) is 4.60. The Labute approximate surface area is 117 Å². The number of pyridine rings is 1. The minimum absolute atomic E-state index is 0.679. The minimum Gasteiger partial charge on any atom is -0.492 e. The van der Waals surface area contributed by atoms with Crippen LogP contribution in [0.25, 0.3) is 16.6 Å². The molecule has 0 saturated heterocycles. The first kappa shape index (κ1) is 12.5. The van der Waals surface area contributed by atoms with Crippen LogP contribution < -0.4 is 10.5 Å². The zero-order valence-corrected chi connectivity index (χ0v) is 11.3. The number of benzene rings is 1. The quantitative estimate of drug-likeness (QED) is 0.739. The summed E-state index contributed by atoms with van der Waals surface area (Å²) < 4.78 is 7.42. The SMILES string of the molecule is CCCOc1cncc(-n2ncc3ccc(N)cc32)c1. The fraction of sp³-hybridized carbons (Fsp3) is 0.200. The van der Waals surface area contributed by atoms with Gasteiger partial charge in [-0.2, -0.15) is 5.10 Å². The Morgan fingerprint density at radius 2 is 2.10 bits per heavy atom. The van der Waals surface area contributed by atoms with E-state index >= 15 is 0 Å². The zero-order chi connectivity index (χ0) is 13.9. The molecule has 0 spiro atoms. The Morgan fingerprint density at radius 3 is 2.95 bits per heavy atom. The molecule has 2 aromatic heterocycles. The summed E-state index contributed by atoms with van der Waals surface area (Å²) in [7, 11) is 0. The van der Waals surface area contributed by atoms with Gasteiger partial charge in [0, 0.05) is 17.1 Å². The van der Waals surface area contributed by atoms with E-state index < -0.39 is 0 Å². The summed E-state index contributed by atoms with van der Waals surface area (Å²) in [6.45, 7) is 2.75. The van der Waals surface area contributed by atoms with Crippen molar-refractivity contribution in [1.82, 2.24) is 14.8 Å². The predicted octanol–water partition coefficient (Wildman–Crippen LogP) is 2.79. The Bertz CT molecular complexity index is 736. The molecule has 0 aliphatic carbocycles. The van der Waals surface area contributed by atoms with E-state index in [0.717, 1.165) is 28.8 Å². The third-order valence-electron chi connectivity index (χ3n) is 3.01. The van der Waals surface area contributed by atoms with E-state index in [1.807, 2.05) is 35.1 Å². The van der Waals surface area contributed by atoms with Crippen LogP contribution in [0.15, 0.2) is 42.9 Å². The second-order valence-electron chi connectivity index (χ2n) is 4.60. The van der Waals surface area contributed by atoms with Crippen molar-refractivity contribution in [2.24, 2.45) is 0 Å². The van der Waals surface area contributed by atoms with Crippen molar-refractivity contribution in [2.45, 2.75) is 13.3 Å². The number of nitrogens with zero attached hydrogens (tertiary/aromatic N) is 3. The van der Waals surface area contributed by atoms with Crippen LogP contribution in [-0.2, 0) is 0 Å². The molecule has 20 heavy (non-hydrogen) atoms. The molecule has 0 saturated carbocycles. The van der Waals surface area contributed by atoms with E-state index in [9.17, 15) is 0 Å². The van der Waals surface area contributed by atoms with Crippen molar-refractivity contribution < 1.29 is 4.74 Å². The molecule has 5 nitrogen and oxygen atoms in total. The third kappa shape index (κ3) is 2.30. The zero-order valence-electron chi connectivity index (χ0n) is 11.3. The van der Waals surface area contributed by atoms with Crippen molar-refractivity contribution in [3.8, 4) is 11.4 Å². The summed E-state index contributed by atoms with van der Waals surface area (Å²) in [5.74, 6) is 0.747. The molecule has 0 amide bonds. The van der Waals surface area contributed by atoms with Crippen molar-refractivity contribution in [3.63, 3.8) is 0 Å². The largest absolute Gasteiger partial charge is 0.492 e. The topological polar surface area (TPSA) is 66.0 Å². The number of rotatable bonds is 4. The van der Waals surface area contributed by atoms with Gasteiger partial charge in [-0.3, -0.25) is 4.98 Å². The molecule has 0 atom stereocenters. The molecule has 0 radical (unpaired) electrons. The highest BCUT2D eigenvalue weighted by atomic mass is 16.5. The lowest BCUT2D eigenvalue weighted by Crippen LogP contribution is -2.00. The molecule has 0 aliphatic rings. The van der Waals surface area contributed by atoms with Gasteiger partial charge in [0.05, 0.1) is 36.4 Å². The van der Waals surface area contributed by atoms with E-state index in [-0.39, 0.29) is 0 Å². The average Bonchev–Trinajstić information content (AvgIpc) is 2.88. The number of hydrogen-bond acceptors (Lipinski definition) is 4. The summed E-state index contributed by atoms with van der Waals surface area (Å²) in [6, 6.07) is 7.66. The average molecular weight is 268 g/mol. The van der Waals surface area contributed by atoms with Gasteiger partial charge in [0.15, 0.2) is 0 Å². The Kier molecular flexibility index (Phi) is 3.25. The molecule has 3 rings (SSSR count). The highest BCUT2D eigenvalue weighted by Gasteiger charge is 2.06. The molecular formula is C15H16N4O. The number of nitrogens with two attached hydrogens (primary N) is 1. The maximum absolute atomic E-state index is 5.84. The van der Waals surface area contributed by atoms with Crippen LogP contribution in [0.3, 0.4) is 0 Å². The maximum Gasteiger partial charge on any atom is 0.139 e. The van der Waals surface area contributed by atoms with Crippen LogP contribution in [0, 0.1) is 0 Å². The molecule has 0 aliphatic heterocycles. The van der Waals surface area contributed by atoms with Crippen LogP contribution in [0.1, 0.15) is 13.3 Å². The van der Waals surface area contributed by atoms with Gasteiger partial charge in [0.1, 0.15) is 5.75 Å². The van der Waals surface area contributed by atoms with Crippen molar-refractivity contribution in [3.05, 3.63) is 42.9 Å². The fourth-order valence-electron chi connectivity index (χ4n) is 2.06. The molecule has 2 heterocycles. The number of nitrogen functional groups attached to an aromatic ring is 1. The predicted molar refractivity (Wildman–Crippen MR) is 79.1 cm³/mol. The highest BCUT2D eigenvalue weighted by molar-refractivity contribution is 5.83. The molecule has 0 bridgehead atoms. The van der Waals surface area contributed by atoms with E-state index in [4.69, 9.17) is 10.5 Å². The van der Waals surface area contributed by atoms with E-state index in [0.29, 0.717) is 12.3 Å². The summed E-state index contributed by atoms with van der Waals surface area (Å²) in [5, 5.41) is 5.43. The summed E-state index contributed by atoms with van der Waals surface area (Å²) in [6.07, 6.45) is 6.24. The Morgan fingerprint density at radius 1 is 1.20 bits per heavy atom. The van der Waals surface area contributed by atoms with Gasteiger partial charge in [-0.15, -0.1) is 0 Å². The number of anilines is 1. The van der Waals surface area contributed by atoms with Crippen LogP contribution in [0.4, 0.5) is 5.69 Å². The monoisotopic (exact) mass is 268 g/mol. The highest BCUT2D eigenvalue weighted by Crippen LogP contribution is 2.22. The lowest BCUT2D eigenvalue weighted by molar-refractivity contribution is 0.316. The summed E-state index contributed by atoms with van der Waals surface area (Å²) in [5.41, 5.74) is 8.38. The lowest BCUT2D eigenvalue weighted by atomic mass is 10.2. The van der Waals surface area contributed by atoms with Gasteiger partial charge >= 0.3 is 0 Å². The van der Waals surface area contributed by atoms with Gasteiger partial charge in [-0.25, -0.2) is 4.68 Å². The summed E-state index contributed by atoms with van der Waals surface area (Å²) >= 11 is 0. The molecule has 3 aromatic rings. The van der Waals surface area contributed by atoms with E-state index in [2.05, 4.69) is 17.0 Å². The summed E-state index contributed by atoms with van der Waals surface area (Å²) in [4.78, 5) is 4.21. The van der Waals surface area contributed by atoms with Crippen LogP contribution in [-0.4, -0.2) is 21.4 Å². The second kappa shape index (κ2) is 5.21. The first-order chi connectivity index (χ1) is 9.78. The molecule has 102 valence electrons. The first-order valence-corrected chi connectivity index (χ1v) is 6.59. The van der Waals surface area contributed by atoms with Gasteiger partial charge in [-0.1, -0.05) is 6.92 Å². The number of ether oxygens (including phenoxy) is 1. The van der Waals surface area contributed by atoms with E-state index in [1.54, 1.807) is 12.4 Å². The fourth-order valence-corrected chi connectivity index (χ4v) is 2.06. The molecule has 2 N–H and O–H groups in total. The van der Waals surface area contributed by atoms with E-state index in [1.165, 1.54) is 0 Å². The van der Waals surface area contributed by atoms with Crippen LogP contribution in [0.5, 0.6) is 5.75 Å². The number of hydrogen-bond donors (Lipinski definition) is 1. The van der Waals surface area contributed by atoms with Gasteiger partial charge in [0.2, 0.25) is 0 Å². The molecule has 0 fully saturated rings. The number of fused-ring (bicyclic) bond motifs is 1. The smallest absolute Gasteiger partial charge is 0.139 e. The normalized spacial score (nSPS) is 10.8. The van der Waals surface area contributed by atoms with Gasteiger partial charge in [0.25, 0.3) is 0 Å². The van der Waals surface area contributed by atoms with Gasteiger partial charge < -0.3 is 10.5 Å². The number of aromatic nitrogens is 3. The first-order valence-electron chi connectivity index (χ1n) is 6.59. The third-order valence-corrected chi connectivity index (χ3v) is 3.01. The standard InChI is InChI=1S/C15H16N4O/c1-2-5-20-14-7-13(9-17-10-14)19-15-6-12(16)4-3-11(15)8-18-19/h3-4,6-10H,2,5,16H2,1H3. The molecule has 5 heteroatoms. The van der Waals surface area contributed by atoms with Crippen molar-refractivity contribution >= 4 is 16.6 Å². The van der Waals surface area contributed by atoms with Crippen molar-refractivity contribution in [1.29, 1.82) is 0 Å². The van der Waals surface area contributed by atoms with Gasteiger partial charge in [-0.05, 0) is 24.6 Å². The molecule has 1 aromatic carbocycles. The molecular weight excluding hydrogens is 252 g/mol. The van der Waals surface area contributed by atoms with Crippen molar-refractivity contribution in [2.75, 3.05) is 12.3 Å². The minimum atomic E-state index is 0.679. The van der Waals surface area contributed by atoms with Crippen LogP contribution >= 0.6 is 0 Å². The van der Waals surface area contributed by atoms with Crippen LogP contribution in [0.2, 0.25) is 0 Å².